The van der Waals surface area contributed by atoms with Crippen molar-refractivity contribution in [3.8, 4) is 0 Å². The van der Waals surface area contributed by atoms with Crippen LogP contribution in [0.5, 0.6) is 0 Å². The summed E-state index contributed by atoms with van der Waals surface area (Å²) in [5.74, 6) is -1.62. The highest BCUT2D eigenvalue weighted by Gasteiger charge is 2.28. The Hall–Kier alpha value is -1.69. The van der Waals surface area contributed by atoms with Gasteiger partial charge in [-0.3, -0.25) is 13.8 Å². The van der Waals surface area contributed by atoms with Crippen LogP contribution in [0.15, 0.2) is 24.3 Å². The van der Waals surface area contributed by atoms with E-state index in [1.165, 1.54) is 13.8 Å². The molecule has 5 nitrogen and oxygen atoms in total. The average molecular weight is 283 g/mol. The summed E-state index contributed by atoms with van der Waals surface area (Å²) < 4.78 is 11.8. The van der Waals surface area contributed by atoms with Crippen LogP contribution in [0, 0.1) is 6.92 Å². The zero-order valence-electron chi connectivity index (χ0n) is 11.0. The molecule has 0 bridgehead atoms. The maximum absolute atomic E-state index is 11.9. The molecule has 0 spiro atoms. The summed E-state index contributed by atoms with van der Waals surface area (Å²) >= 11 is 0. The second-order valence-electron chi connectivity index (χ2n) is 4.31. The SMILES string of the molecule is Cc1ccc(NC(=O)C(C)S(=O)C(C)C(=O)O)cc1. The Kier molecular flexibility index (Phi) is 5.23. The number of aliphatic carboxylic acids is 1. The van der Waals surface area contributed by atoms with E-state index in [2.05, 4.69) is 5.32 Å². The normalized spacial score (nSPS) is 15.3. The molecule has 0 saturated carbocycles. The third-order valence-electron chi connectivity index (χ3n) is 2.73. The van der Waals surface area contributed by atoms with Crippen LogP contribution >= 0.6 is 0 Å². The van der Waals surface area contributed by atoms with Crippen molar-refractivity contribution in [3.05, 3.63) is 29.8 Å². The highest BCUT2D eigenvalue weighted by atomic mass is 32.2. The Morgan fingerprint density at radius 1 is 1.16 bits per heavy atom. The lowest BCUT2D eigenvalue weighted by atomic mass is 10.2. The largest absolute Gasteiger partial charge is 0.480 e. The Labute approximate surface area is 114 Å². The zero-order chi connectivity index (χ0) is 14.6. The second-order valence-corrected chi connectivity index (χ2v) is 6.38. The van der Waals surface area contributed by atoms with E-state index in [0.717, 1.165) is 5.56 Å². The van der Waals surface area contributed by atoms with Gasteiger partial charge >= 0.3 is 5.97 Å². The first-order chi connectivity index (χ1) is 8.82. The molecule has 1 rings (SSSR count). The van der Waals surface area contributed by atoms with Crippen molar-refractivity contribution in [2.75, 3.05) is 5.32 Å². The number of anilines is 1. The number of carboxylic acid groups (broad SMARTS) is 1. The molecule has 0 aliphatic rings. The number of amides is 1. The molecule has 0 radical (unpaired) electrons. The number of carbonyl (C=O) groups excluding carboxylic acids is 1. The molecule has 3 unspecified atom stereocenters. The van der Waals surface area contributed by atoms with E-state index in [-0.39, 0.29) is 0 Å². The highest BCUT2D eigenvalue weighted by Crippen LogP contribution is 2.11. The molecule has 0 fully saturated rings. The van der Waals surface area contributed by atoms with E-state index in [4.69, 9.17) is 5.11 Å². The number of carboxylic acids is 1. The first-order valence-electron chi connectivity index (χ1n) is 5.82. The Morgan fingerprint density at radius 2 is 1.68 bits per heavy atom. The molecule has 19 heavy (non-hydrogen) atoms. The second kappa shape index (κ2) is 6.47. The van der Waals surface area contributed by atoms with Gasteiger partial charge in [0.05, 0.1) is 0 Å². The Balaban J connectivity index is 2.70. The van der Waals surface area contributed by atoms with Crippen LogP contribution in [0.2, 0.25) is 0 Å². The molecule has 0 heterocycles. The average Bonchev–Trinajstić information content (AvgIpc) is 2.38. The van der Waals surface area contributed by atoms with Gasteiger partial charge in [0, 0.05) is 16.5 Å². The molecule has 0 aliphatic heterocycles. The van der Waals surface area contributed by atoms with E-state index in [1.54, 1.807) is 12.1 Å². The maximum Gasteiger partial charge on any atom is 0.319 e. The summed E-state index contributed by atoms with van der Waals surface area (Å²) in [7, 11) is -1.76. The van der Waals surface area contributed by atoms with Gasteiger partial charge in [0.15, 0.2) is 0 Å². The third-order valence-corrected chi connectivity index (χ3v) is 4.54. The molecule has 0 aromatic heterocycles. The maximum atomic E-state index is 11.9. The van der Waals surface area contributed by atoms with Gasteiger partial charge in [-0.25, -0.2) is 0 Å². The molecule has 1 amide bonds. The molecule has 3 atom stereocenters. The zero-order valence-corrected chi connectivity index (χ0v) is 11.9. The van der Waals surface area contributed by atoms with Gasteiger partial charge in [0.1, 0.15) is 10.5 Å². The van der Waals surface area contributed by atoms with E-state index < -0.39 is 33.2 Å². The summed E-state index contributed by atoms with van der Waals surface area (Å²) in [5.41, 5.74) is 1.66. The summed E-state index contributed by atoms with van der Waals surface area (Å²) in [5, 5.41) is 9.44. The topological polar surface area (TPSA) is 83.5 Å². The standard InChI is InChI=1S/C13H17NO4S/c1-8-4-6-11(7-5-8)14-12(15)9(2)19(18)10(3)13(16)17/h4-7,9-10H,1-3H3,(H,14,15)(H,16,17). The minimum absolute atomic E-state index is 0.449. The number of hydrogen-bond acceptors (Lipinski definition) is 3. The smallest absolute Gasteiger partial charge is 0.319 e. The predicted octanol–water partition coefficient (Wildman–Crippen LogP) is 1.54. The Bertz CT molecular complexity index is 498. The van der Waals surface area contributed by atoms with Crippen molar-refractivity contribution >= 4 is 28.4 Å². The van der Waals surface area contributed by atoms with Crippen LogP contribution in [-0.4, -0.2) is 31.7 Å². The van der Waals surface area contributed by atoms with Crippen molar-refractivity contribution in [1.82, 2.24) is 0 Å². The lowest BCUT2D eigenvalue weighted by Crippen LogP contribution is -2.36. The van der Waals surface area contributed by atoms with Gasteiger partial charge in [0.25, 0.3) is 0 Å². The number of benzene rings is 1. The lowest BCUT2D eigenvalue weighted by Gasteiger charge is -2.14. The van der Waals surface area contributed by atoms with Crippen molar-refractivity contribution in [1.29, 1.82) is 0 Å². The van der Waals surface area contributed by atoms with Gasteiger partial charge in [-0.15, -0.1) is 0 Å². The molecule has 104 valence electrons. The quantitative estimate of drug-likeness (QED) is 0.858. The molecule has 2 N–H and O–H groups in total. The van der Waals surface area contributed by atoms with Crippen molar-refractivity contribution in [2.24, 2.45) is 0 Å². The van der Waals surface area contributed by atoms with E-state index >= 15 is 0 Å². The van der Waals surface area contributed by atoms with E-state index in [0.29, 0.717) is 5.69 Å². The fourth-order valence-corrected chi connectivity index (χ4v) is 2.47. The van der Waals surface area contributed by atoms with Crippen LogP contribution in [0.1, 0.15) is 19.4 Å². The van der Waals surface area contributed by atoms with Gasteiger partial charge in [0.2, 0.25) is 5.91 Å². The van der Waals surface area contributed by atoms with Crippen LogP contribution in [-0.2, 0) is 20.4 Å². The number of rotatable bonds is 5. The first-order valence-corrected chi connectivity index (χ1v) is 7.10. The van der Waals surface area contributed by atoms with Gasteiger partial charge < -0.3 is 10.4 Å². The molecule has 6 heteroatoms. The van der Waals surface area contributed by atoms with Gasteiger partial charge in [-0.2, -0.15) is 0 Å². The van der Waals surface area contributed by atoms with E-state index in [9.17, 15) is 13.8 Å². The molecule has 1 aromatic carbocycles. The molecule has 1 aromatic rings. The summed E-state index contributed by atoms with van der Waals surface area (Å²) in [4.78, 5) is 22.6. The minimum atomic E-state index is -1.76. The molecule has 0 saturated heterocycles. The van der Waals surface area contributed by atoms with Crippen LogP contribution in [0.3, 0.4) is 0 Å². The fraction of sp³-hybridized carbons (Fsp3) is 0.385. The highest BCUT2D eigenvalue weighted by molar-refractivity contribution is 7.87. The van der Waals surface area contributed by atoms with Crippen molar-refractivity contribution < 1.29 is 18.9 Å². The van der Waals surface area contributed by atoms with E-state index in [1.807, 2.05) is 19.1 Å². The van der Waals surface area contributed by atoms with Gasteiger partial charge in [-0.1, -0.05) is 17.7 Å². The minimum Gasteiger partial charge on any atom is -0.480 e. The number of aryl methyl sites for hydroxylation is 1. The molecular formula is C13H17NO4S. The summed E-state index contributed by atoms with van der Waals surface area (Å²) in [6, 6.07) is 7.17. The van der Waals surface area contributed by atoms with Gasteiger partial charge in [-0.05, 0) is 32.9 Å². The van der Waals surface area contributed by atoms with Crippen molar-refractivity contribution in [2.45, 2.75) is 31.3 Å². The number of nitrogens with one attached hydrogen (secondary N) is 1. The number of hydrogen-bond donors (Lipinski definition) is 2. The fourth-order valence-electron chi connectivity index (χ4n) is 1.39. The Morgan fingerprint density at radius 3 is 2.16 bits per heavy atom. The number of carbonyl (C=O) groups is 2. The third kappa shape index (κ3) is 4.17. The monoisotopic (exact) mass is 283 g/mol. The summed E-state index contributed by atoms with van der Waals surface area (Å²) in [6.45, 7) is 4.71. The summed E-state index contributed by atoms with van der Waals surface area (Å²) in [6.07, 6.45) is 0. The lowest BCUT2D eigenvalue weighted by molar-refractivity contribution is -0.136. The molecular weight excluding hydrogens is 266 g/mol. The van der Waals surface area contributed by atoms with Crippen molar-refractivity contribution in [3.63, 3.8) is 0 Å². The van der Waals surface area contributed by atoms with Crippen LogP contribution in [0.4, 0.5) is 5.69 Å². The van der Waals surface area contributed by atoms with Crippen LogP contribution < -0.4 is 5.32 Å². The predicted molar refractivity (Wildman–Crippen MR) is 74.5 cm³/mol. The van der Waals surface area contributed by atoms with Crippen LogP contribution in [0.25, 0.3) is 0 Å². The first kappa shape index (κ1) is 15.4. The molecule has 0 aliphatic carbocycles.